The predicted molar refractivity (Wildman–Crippen MR) is 134 cm³/mol. The summed E-state index contributed by atoms with van der Waals surface area (Å²) in [5, 5.41) is 12.5. The van der Waals surface area contributed by atoms with Gasteiger partial charge in [-0.2, -0.15) is 0 Å². The zero-order valence-electron chi connectivity index (χ0n) is 22.0. The Labute approximate surface area is 213 Å². The van der Waals surface area contributed by atoms with Gasteiger partial charge in [0.05, 0.1) is 5.41 Å². The van der Waals surface area contributed by atoms with Crippen molar-refractivity contribution in [1.82, 2.24) is 15.1 Å². The van der Waals surface area contributed by atoms with Crippen molar-refractivity contribution in [2.45, 2.75) is 83.4 Å². The van der Waals surface area contributed by atoms with Crippen LogP contribution < -0.4 is 5.32 Å². The average molecular weight is 502 g/mol. The van der Waals surface area contributed by atoms with Crippen LogP contribution in [0.5, 0.6) is 0 Å². The molecule has 2 saturated heterocycles. The monoisotopic (exact) mass is 501 g/mol. The number of hydrogen-bond donors (Lipinski definition) is 2. The number of nitrogens with one attached hydrogen (secondary N) is 1. The fourth-order valence-electron chi connectivity index (χ4n) is 5.06. The molecule has 0 unspecified atom stereocenters. The number of hydrogen-bond acceptors (Lipinski definition) is 5. The van der Waals surface area contributed by atoms with Gasteiger partial charge >= 0.3 is 12.1 Å². The van der Waals surface area contributed by atoms with Gasteiger partial charge in [-0.1, -0.05) is 44.2 Å². The Kier molecular flexibility index (Phi) is 8.31. The number of ether oxygens (including phenoxy) is 1. The predicted octanol–water partition coefficient (Wildman–Crippen LogP) is 3.17. The fraction of sp³-hybridized carbons (Fsp3) is 0.630. The van der Waals surface area contributed by atoms with Gasteiger partial charge in [0, 0.05) is 19.6 Å². The van der Waals surface area contributed by atoms with E-state index in [9.17, 15) is 24.3 Å². The van der Waals surface area contributed by atoms with Gasteiger partial charge < -0.3 is 25.0 Å². The second kappa shape index (κ2) is 10.9. The molecule has 2 atom stereocenters. The van der Waals surface area contributed by atoms with E-state index in [1.165, 1.54) is 4.90 Å². The first-order chi connectivity index (χ1) is 16.9. The van der Waals surface area contributed by atoms with Crippen LogP contribution in [0, 0.1) is 5.92 Å². The smallest absolute Gasteiger partial charge is 0.410 e. The van der Waals surface area contributed by atoms with Crippen LogP contribution >= 0.6 is 0 Å². The van der Waals surface area contributed by atoms with E-state index in [0.29, 0.717) is 45.3 Å². The first-order valence-electron chi connectivity index (χ1n) is 12.7. The molecule has 0 aromatic heterocycles. The van der Waals surface area contributed by atoms with Gasteiger partial charge in [-0.05, 0) is 57.9 Å². The quantitative estimate of drug-likeness (QED) is 0.619. The van der Waals surface area contributed by atoms with Crippen molar-refractivity contribution in [3.63, 3.8) is 0 Å². The summed E-state index contributed by atoms with van der Waals surface area (Å²) in [4.78, 5) is 54.6. The van der Waals surface area contributed by atoms with E-state index in [4.69, 9.17) is 4.74 Å². The SMILES string of the molecule is CC(C)[C@@H](NC(=O)C1(c2ccccc2)CCN(C(=O)OC(C)(C)C)CC1)C(=O)N1CCC[C@H]1C(=O)O. The first kappa shape index (κ1) is 27.5. The van der Waals surface area contributed by atoms with Gasteiger partial charge in [0.25, 0.3) is 0 Å². The number of carboxylic acids is 1. The van der Waals surface area contributed by atoms with E-state index in [-0.39, 0.29) is 17.7 Å². The van der Waals surface area contributed by atoms with E-state index in [0.717, 1.165) is 5.56 Å². The topological polar surface area (TPSA) is 116 Å². The van der Waals surface area contributed by atoms with Crippen LogP contribution in [-0.2, 0) is 24.5 Å². The number of nitrogens with zero attached hydrogens (tertiary/aromatic N) is 2. The molecule has 3 amide bonds. The molecule has 0 radical (unpaired) electrons. The van der Waals surface area contributed by atoms with Crippen LogP contribution in [0.2, 0.25) is 0 Å². The van der Waals surface area contributed by atoms with Crippen molar-refractivity contribution >= 4 is 23.9 Å². The molecular formula is C27H39N3O6. The fourth-order valence-corrected chi connectivity index (χ4v) is 5.06. The van der Waals surface area contributed by atoms with Gasteiger partial charge in [-0.15, -0.1) is 0 Å². The highest BCUT2D eigenvalue weighted by molar-refractivity contribution is 5.95. The van der Waals surface area contributed by atoms with Gasteiger partial charge in [-0.25, -0.2) is 9.59 Å². The van der Waals surface area contributed by atoms with Crippen LogP contribution in [0.15, 0.2) is 30.3 Å². The first-order valence-corrected chi connectivity index (χ1v) is 12.7. The number of amides is 3. The minimum atomic E-state index is -1.02. The summed E-state index contributed by atoms with van der Waals surface area (Å²) in [6.07, 6.45) is 1.38. The highest BCUT2D eigenvalue weighted by Gasteiger charge is 2.46. The Morgan fingerprint density at radius 1 is 1.06 bits per heavy atom. The lowest BCUT2D eigenvalue weighted by Crippen LogP contribution is -2.59. The number of aliphatic carboxylic acids is 1. The molecule has 198 valence electrons. The van der Waals surface area contributed by atoms with Gasteiger partial charge in [0.2, 0.25) is 11.8 Å². The lowest BCUT2D eigenvalue weighted by Gasteiger charge is -2.42. The average Bonchev–Trinajstić information content (AvgIpc) is 3.32. The molecule has 1 aromatic carbocycles. The molecular weight excluding hydrogens is 462 g/mol. The Balaban J connectivity index is 1.83. The summed E-state index contributed by atoms with van der Waals surface area (Å²) in [6, 6.07) is 7.71. The number of benzene rings is 1. The van der Waals surface area contributed by atoms with Crippen molar-refractivity contribution in [2.24, 2.45) is 5.92 Å². The molecule has 1 aromatic rings. The molecule has 0 bridgehead atoms. The molecule has 2 heterocycles. The summed E-state index contributed by atoms with van der Waals surface area (Å²) in [7, 11) is 0. The Hall–Kier alpha value is -3.10. The molecule has 2 fully saturated rings. The number of carbonyl (C=O) groups excluding carboxylic acids is 3. The minimum Gasteiger partial charge on any atom is -0.480 e. The second-order valence-electron chi connectivity index (χ2n) is 11.1. The van der Waals surface area contributed by atoms with Crippen molar-refractivity contribution in [1.29, 1.82) is 0 Å². The Morgan fingerprint density at radius 2 is 1.67 bits per heavy atom. The van der Waals surface area contributed by atoms with Crippen LogP contribution in [-0.4, -0.2) is 76.1 Å². The Morgan fingerprint density at radius 3 is 2.19 bits per heavy atom. The molecule has 9 nitrogen and oxygen atoms in total. The molecule has 2 aliphatic heterocycles. The molecule has 2 N–H and O–H groups in total. The van der Waals surface area contributed by atoms with E-state index in [2.05, 4.69) is 5.32 Å². The lowest BCUT2D eigenvalue weighted by molar-refractivity contribution is -0.150. The molecule has 0 spiro atoms. The van der Waals surface area contributed by atoms with Crippen LogP contribution in [0.25, 0.3) is 0 Å². The largest absolute Gasteiger partial charge is 0.480 e. The lowest BCUT2D eigenvalue weighted by atomic mass is 9.71. The maximum absolute atomic E-state index is 13.9. The molecule has 0 saturated carbocycles. The number of likely N-dealkylation sites (tertiary alicyclic amines) is 2. The normalized spacial score (nSPS) is 20.7. The van der Waals surface area contributed by atoms with Crippen LogP contribution in [0.4, 0.5) is 4.79 Å². The summed E-state index contributed by atoms with van der Waals surface area (Å²) >= 11 is 0. The molecule has 9 heteroatoms. The maximum Gasteiger partial charge on any atom is 0.410 e. The van der Waals surface area contributed by atoms with Crippen LogP contribution in [0.1, 0.15) is 65.9 Å². The zero-order chi connectivity index (χ0) is 26.7. The van der Waals surface area contributed by atoms with Crippen LogP contribution in [0.3, 0.4) is 0 Å². The van der Waals surface area contributed by atoms with E-state index in [1.54, 1.807) is 4.90 Å². The van der Waals surface area contributed by atoms with E-state index >= 15 is 0 Å². The standard InChI is InChI=1S/C27H39N3O6/c1-18(2)21(22(31)30-15-9-12-20(30)23(32)33)28-24(34)27(19-10-7-6-8-11-19)13-16-29(17-14-27)25(35)36-26(3,4)5/h6-8,10-11,18,20-21H,9,12-17H2,1-5H3,(H,28,34)(H,32,33)/t20-,21+/m0/s1. The van der Waals surface area contributed by atoms with Crippen molar-refractivity contribution < 1.29 is 29.0 Å². The third kappa shape index (κ3) is 5.99. The number of rotatable bonds is 6. The summed E-state index contributed by atoms with van der Waals surface area (Å²) < 4.78 is 5.51. The third-order valence-electron chi connectivity index (χ3n) is 7.07. The maximum atomic E-state index is 13.9. The number of carboxylic acid groups (broad SMARTS) is 1. The minimum absolute atomic E-state index is 0.230. The second-order valence-corrected chi connectivity index (χ2v) is 11.1. The third-order valence-corrected chi connectivity index (χ3v) is 7.07. The highest BCUT2D eigenvalue weighted by atomic mass is 16.6. The van der Waals surface area contributed by atoms with Gasteiger partial charge in [-0.3, -0.25) is 9.59 Å². The highest BCUT2D eigenvalue weighted by Crippen LogP contribution is 2.37. The van der Waals surface area contributed by atoms with Crippen molar-refractivity contribution in [3.8, 4) is 0 Å². The summed E-state index contributed by atoms with van der Waals surface area (Å²) in [5.41, 5.74) is -0.716. The molecule has 36 heavy (non-hydrogen) atoms. The number of piperidine rings is 1. The van der Waals surface area contributed by atoms with Gasteiger partial charge in [0.1, 0.15) is 17.7 Å². The van der Waals surface area contributed by atoms with E-state index in [1.807, 2.05) is 65.0 Å². The summed E-state index contributed by atoms with van der Waals surface area (Å²) in [6.45, 7) is 10.2. The van der Waals surface area contributed by atoms with Gasteiger partial charge in [0.15, 0.2) is 0 Å². The summed E-state index contributed by atoms with van der Waals surface area (Å²) in [5.74, 6) is -1.90. The number of carbonyl (C=O) groups is 4. The Bertz CT molecular complexity index is 963. The molecule has 0 aliphatic carbocycles. The molecule has 2 aliphatic rings. The van der Waals surface area contributed by atoms with Crippen molar-refractivity contribution in [2.75, 3.05) is 19.6 Å². The molecule has 3 rings (SSSR count). The van der Waals surface area contributed by atoms with Crippen molar-refractivity contribution in [3.05, 3.63) is 35.9 Å². The zero-order valence-corrected chi connectivity index (χ0v) is 22.0. The van der Waals surface area contributed by atoms with E-state index < -0.39 is 35.2 Å².